The molecule has 0 unspecified atom stereocenters. The van der Waals surface area contributed by atoms with Crippen LogP contribution in [0.15, 0.2) is 48.8 Å². The molecule has 3 aromatic heterocycles. The lowest BCUT2D eigenvalue weighted by atomic mass is 9.87. The summed E-state index contributed by atoms with van der Waals surface area (Å²) in [5, 5.41) is 9.72. The van der Waals surface area contributed by atoms with Gasteiger partial charge in [0.15, 0.2) is 5.82 Å². The van der Waals surface area contributed by atoms with Gasteiger partial charge in [-0.15, -0.1) is 0 Å². The number of hydrogen-bond acceptors (Lipinski definition) is 5. The van der Waals surface area contributed by atoms with Gasteiger partial charge in [-0.05, 0) is 62.1 Å². The average molecular weight is 467 g/mol. The third kappa shape index (κ3) is 4.52. The second kappa shape index (κ2) is 8.78. The number of nitrogens with one attached hydrogen (secondary N) is 1. The number of pyridine rings is 2. The quantitative estimate of drug-likeness (QED) is 0.402. The molecule has 0 radical (unpaired) electrons. The molecule has 0 spiro atoms. The number of halogens is 2. The predicted octanol–water partition coefficient (Wildman–Crippen LogP) is 5.50. The topological polar surface area (TPSA) is 101 Å². The van der Waals surface area contributed by atoms with Crippen molar-refractivity contribution in [2.75, 3.05) is 0 Å². The van der Waals surface area contributed by atoms with Crippen molar-refractivity contribution in [2.24, 2.45) is 5.92 Å². The van der Waals surface area contributed by atoms with Crippen LogP contribution in [0.3, 0.4) is 0 Å². The number of aromatic nitrogens is 4. The summed E-state index contributed by atoms with van der Waals surface area (Å²) in [6, 6.07) is 10.4. The number of imidazole rings is 1. The van der Waals surface area contributed by atoms with Gasteiger partial charge in [0.25, 0.3) is 5.88 Å². The maximum Gasteiger partial charge on any atom is 0.306 e. The summed E-state index contributed by atoms with van der Waals surface area (Å²) in [7, 11) is 0. The molecule has 0 aliphatic heterocycles. The van der Waals surface area contributed by atoms with Crippen LogP contribution in [-0.4, -0.2) is 37.1 Å². The second-order valence-electron chi connectivity index (χ2n) is 8.12. The van der Waals surface area contributed by atoms with Crippen molar-refractivity contribution in [3.8, 4) is 28.5 Å². The second-order valence-corrected chi connectivity index (χ2v) is 8.56. The number of aromatic amines is 1. The largest absolute Gasteiger partial charge is 0.481 e. The Morgan fingerprint density at radius 1 is 1.06 bits per heavy atom. The minimum atomic E-state index is -0.787. The molecule has 4 aromatic rings. The van der Waals surface area contributed by atoms with Crippen molar-refractivity contribution < 1.29 is 19.0 Å². The molecule has 2 N–H and O–H groups in total. The Morgan fingerprint density at radius 3 is 2.55 bits per heavy atom. The lowest BCUT2D eigenvalue weighted by molar-refractivity contribution is -0.143. The number of carboxylic acid groups (broad SMARTS) is 1. The Kier molecular flexibility index (Phi) is 5.68. The summed E-state index contributed by atoms with van der Waals surface area (Å²) in [6.07, 6.45) is 5.13. The smallest absolute Gasteiger partial charge is 0.306 e. The highest BCUT2D eigenvalue weighted by molar-refractivity contribution is 6.31. The fourth-order valence-corrected chi connectivity index (χ4v) is 4.23. The molecule has 0 saturated heterocycles. The number of benzene rings is 1. The molecule has 0 amide bonds. The molecule has 1 aliphatic carbocycles. The maximum atomic E-state index is 14.7. The van der Waals surface area contributed by atoms with Crippen molar-refractivity contribution >= 4 is 28.6 Å². The SMILES string of the molecule is O=C(O)[C@H]1CC[C@@H](Oc2ncc(-c3ccc(-c4nc5ccc(Cl)cc5[nH]4)cn3)cc2F)CC1. The average Bonchev–Trinajstić information content (AvgIpc) is 3.24. The monoisotopic (exact) mass is 466 g/mol. The first kappa shape index (κ1) is 21.3. The van der Waals surface area contributed by atoms with E-state index in [9.17, 15) is 9.18 Å². The maximum absolute atomic E-state index is 14.7. The van der Waals surface area contributed by atoms with E-state index in [-0.39, 0.29) is 17.9 Å². The molecule has 1 fully saturated rings. The van der Waals surface area contributed by atoms with E-state index in [1.54, 1.807) is 18.3 Å². The van der Waals surface area contributed by atoms with Gasteiger partial charge in [-0.2, -0.15) is 0 Å². The Bertz CT molecular complexity index is 1320. The van der Waals surface area contributed by atoms with E-state index < -0.39 is 11.8 Å². The van der Waals surface area contributed by atoms with Crippen molar-refractivity contribution in [1.82, 2.24) is 19.9 Å². The summed E-state index contributed by atoms with van der Waals surface area (Å²) in [5.74, 6) is -1.12. The molecule has 33 heavy (non-hydrogen) atoms. The van der Waals surface area contributed by atoms with E-state index in [1.807, 2.05) is 18.2 Å². The van der Waals surface area contributed by atoms with Gasteiger partial charge >= 0.3 is 5.97 Å². The van der Waals surface area contributed by atoms with Gasteiger partial charge in [-0.3, -0.25) is 9.78 Å². The summed E-state index contributed by atoms with van der Waals surface area (Å²) < 4.78 is 20.4. The number of fused-ring (bicyclic) bond motifs is 1. The number of rotatable bonds is 5. The zero-order valence-corrected chi connectivity index (χ0v) is 18.2. The first-order valence-electron chi connectivity index (χ1n) is 10.6. The van der Waals surface area contributed by atoms with Gasteiger partial charge < -0.3 is 14.8 Å². The van der Waals surface area contributed by atoms with Crippen LogP contribution >= 0.6 is 11.6 Å². The molecule has 3 heterocycles. The highest BCUT2D eigenvalue weighted by Gasteiger charge is 2.27. The summed E-state index contributed by atoms with van der Waals surface area (Å²) in [4.78, 5) is 27.4. The number of H-pyrrole nitrogens is 1. The molecular formula is C24H20ClFN4O3. The predicted molar refractivity (Wildman–Crippen MR) is 122 cm³/mol. The van der Waals surface area contributed by atoms with E-state index in [2.05, 4.69) is 19.9 Å². The Balaban J connectivity index is 1.29. The van der Waals surface area contributed by atoms with Crippen molar-refractivity contribution in [3.05, 3.63) is 59.6 Å². The molecule has 1 aliphatic rings. The number of aliphatic carboxylic acids is 1. The van der Waals surface area contributed by atoms with Gasteiger partial charge in [-0.1, -0.05) is 11.6 Å². The lowest BCUT2D eigenvalue weighted by Crippen LogP contribution is -2.28. The summed E-state index contributed by atoms with van der Waals surface area (Å²) in [5.41, 5.74) is 3.52. The third-order valence-corrected chi connectivity index (χ3v) is 6.12. The molecule has 1 saturated carbocycles. The number of nitrogens with zero attached hydrogens (tertiary/aromatic N) is 3. The Labute approximate surface area is 193 Å². The molecule has 7 nitrogen and oxygen atoms in total. The van der Waals surface area contributed by atoms with Crippen molar-refractivity contribution in [3.63, 3.8) is 0 Å². The Morgan fingerprint density at radius 2 is 1.85 bits per heavy atom. The van der Waals surface area contributed by atoms with Gasteiger partial charge in [0.05, 0.1) is 22.6 Å². The van der Waals surface area contributed by atoms with E-state index in [0.29, 0.717) is 47.8 Å². The van der Waals surface area contributed by atoms with Crippen LogP contribution in [0, 0.1) is 11.7 Å². The zero-order valence-electron chi connectivity index (χ0n) is 17.5. The lowest BCUT2D eigenvalue weighted by Gasteiger charge is -2.26. The third-order valence-electron chi connectivity index (χ3n) is 5.89. The zero-order chi connectivity index (χ0) is 22.9. The van der Waals surface area contributed by atoms with Crippen LogP contribution in [0.5, 0.6) is 5.88 Å². The molecular weight excluding hydrogens is 447 g/mol. The molecule has 9 heteroatoms. The minimum Gasteiger partial charge on any atom is -0.481 e. The molecule has 168 valence electrons. The van der Waals surface area contributed by atoms with Crippen LogP contribution in [-0.2, 0) is 4.79 Å². The standard InChI is InChI=1S/C24H20ClFN4O3/c25-16-4-8-20-21(10-16)30-22(29-20)14-3-7-19(27-11-14)15-9-18(26)23(28-12-15)33-17-5-1-13(2-6-17)24(31)32/h3-4,7-13,17H,1-2,5-6H2,(H,29,30)(H,31,32)/t13-,17+. The van der Waals surface area contributed by atoms with Crippen molar-refractivity contribution in [2.45, 2.75) is 31.8 Å². The van der Waals surface area contributed by atoms with E-state index in [4.69, 9.17) is 21.4 Å². The first-order chi connectivity index (χ1) is 16.0. The first-order valence-corrected chi connectivity index (χ1v) is 11.0. The fraction of sp³-hybridized carbons (Fsp3) is 0.250. The Hall–Kier alpha value is -3.52. The summed E-state index contributed by atoms with van der Waals surface area (Å²) in [6.45, 7) is 0. The molecule has 1 aromatic carbocycles. The highest BCUT2D eigenvalue weighted by atomic mass is 35.5. The molecule has 5 rings (SSSR count). The van der Waals surface area contributed by atoms with Gasteiger partial charge in [0, 0.05) is 28.5 Å². The van der Waals surface area contributed by atoms with Crippen LogP contribution < -0.4 is 4.74 Å². The van der Waals surface area contributed by atoms with E-state index in [0.717, 1.165) is 16.6 Å². The van der Waals surface area contributed by atoms with Crippen LogP contribution in [0.25, 0.3) is 33.7 Å². The molecule has 0 atom stereocenters. The number of carboxylic acids is 1. The highest BCUT2D eigenvalue weighted by Crippen LogP contribution is 2.30. The van der Waals surface area contributed by atoms with Crippen molar-refractivity contribution in [1.29, 1.82) is 0 Å². The molecule has 0 bridgehead atoms. The normalized spacial score (nSPS) is 18.4. The van der Waals surface area contributed by atoms with E-state index >= 15 is 0 Å². The number of hydrogen-bond donors (Lipinski definition) is 2. The number of carbonyl (C=O) groups is 1. The number of ether oxygens (including phenoxy) is 1. The van der Waals surface area contributed by atoms with Gasteiger partial charge in [-0.25, -0.2) is 14.4 Å². The van der Waals surface area contributed by atoms with Crippen LogP contribution in [0.1, 0.15) is 25.7 Å². The van der Waals surface area contributed by atoms with Crippen LogP contribution in [0.4, 0.5) is 4.39 Å². The minimum absolute atomic E-state index is 0.0740. The van der Waals surface area contributed by atoms with Gasteiger partial charge in [0.1, 0.15) is 11.9 Å². The summed E-state index contributed by atoms with van der Waals surface area (Å²) >= 11 is 6.03. The van der Waals surface area contributed by atoms with Crippen LogP contribution in [0.2, 0.25) is 5.02 Å². The van der Waals surface area contributed by atoms with E-state index in [1.165, 1.54) is 12.3 Å². The fourth-order valence-electron chi connectivity index (χ4n) is 4.06. The van der Waals surface area contributed by atoms with Gasteiger partial charge in [0.2, 0.25) is 0 Å².